The predicted molar refractivity (Wildman–Crippen MR) is 71.1 cm³/mol. The first-order valence-corrected chi connectivity index (χ1v) is 6.10. The Morgan fingerprint density at radius 2 is 2.11 bits per heavy atom. The molecule has 1 aromatic heterocycles. The number of rotatable bonds is 4. The van der Waals surface area contributed by atoms with Crippen LogP contribution in [0.5, 0.6) is 0 Å². The second kappa shape index (κ2) is 5.21. The lowest BCUT2D eigenvalue weighted by atomic mass is 10.1. The molecule has 2 rings (SSSR count). The monoisotopic (exact) mass is 247 g/mol. The van der Waals surface area contributed by atoms with E-state index in [0.29, 0.717) is 18.2 Å². The maximum absolute atomic E-state index is 13.1. The summed E-state index contributed by atoms with van der Waals surface area (Å²) in [6, 6.07) is 7.43. The number of nitrogens with one attached hydrogen (secondary N) is 1. The number of hydrogen-bond donors (Lipinski definition) is 1. The number of nitrogens with zero attached hydrogens (tertiary/aromatic N) is 2. The molecule has 0 saturated heterocycles. The van der Waals surface area contributed by atoms with Gasteiger partial charge in [-0.05, 0) is 38.0 Å². The van der Waals surface area contributed by atoms with Crippen LogP contribution in [0.25, 0.3) is 0 Å². The highest BCUT2D eigenvalue weighted by Gasteiger charge is 2.02. The van der Waals surface area contributed by atoms with E-state index < -0.39 is 0 Å². The van der Waals surface area contributed by atoms with Crippen LogP contribution in [0.1, 0.15) is 31.0 Å². The number of hydrogen-bond acceptors (Lipinski definition) is 2. The molecule has 0 radical (unpaired) electrons. The Bertz CT molecular complexity index is 532. The van der Waals surface area contributed by atoms with Gasteiger partial charge in [0.05, 0.1) is 0 Å². The second-order valence-electron chi connectivity index (χ2n) is 4.71. The molecule has 18 heavy (non-hydrogen) atoms. The summed E-state index contributed by atoms with van der Waals surface area (Å²) in [7, 11) is 0. The second-order valence-corrected chi connectivity index (χ2v) is 4.71. The molecule has 0 spiro atoms. The summed E-state index contributed by atoms with van der Waals surface area (Å²) in [6.45, 7) is 6.59. The summed E-state index contributed by atoms with van der Waals surface area (Å²) in [4.78, 5) is 0. The fourth-order valence-corrected chi connectivity index (χ4v) is 1.73. The van der Waals surface area contributed by atoms with Crippen LogP contribution in [-0.2, 0) is 6.54 Å². The summed E-state index contributed by atoms with van der Waals surface area (Å²) >= 11 is 0. The van der Waals surface area contributed by atoms with Gasteiger partial charge in [0.15, 0.2) is 0 Å². The molecule has 4 heteroatoms. The Labute approximate surface area is 107 Å². The summed E-state index contributed by atoms with van der Waals surface area (Å²) < 4.78 is 15.0. The van der Waals surface area contributed by atoms with E-state index >= 15 is 0 Å². The summed E-state index contributed by atoms with van der Waals surface area (Å²) in [5.41, 5.74) is 1.72. The van der Waals surface area contributed by atoms with Crippen LogP contribution in [0.4, 0.5) is 10.2 Å². The molecule has 0 unspecified atom stereocenters. The normalized spacial score (nSPS) is 10.9. The molecule has 0 aliphatic heterocycles. The number of aryl methyl sites for hydroxylation is 1. The highest BCUT2D eigenvalue weighted by atomic mass is 19.1. The minimum atomic E-state index is -0.164. The van der Waals surface area contributed by atoms with E-state index in [1.54, 1.807) is 13.0 Å². The average molecular weight is 247 g/mol. The molecule has 0 aliphatic carbocycles. The van der Waals surface area contributed by atoms with Crippen molar-refractivity contribution < 1.29 is 4.39 Å². The van der Waals surface area contributed by atoms with Gasteiger partial charge in [-0.1, -0.05) is 12.1 Å². The fraction of sp³-hybridized carbons (Fsp3) is 0.357. The fourth-order valence-electron chi connectivity index (χ4n) is 1.73. The van der Waals surface area contributed by atoms with Crippen LogP contribution in [0, 0.1) is 12.7 Å². The van der Waals surface area contributed by atoms with Crippen LogP contribution in [0.3, 0.4) is 0 Å². The van der Waals surface area contributed by atoms with Gasteiger partial charge in [-0.15, -0.1) is 0 Å². The van der Waals surface area contributed by atoms with E-state index in [2.05, 4.69) is 24.3 Å². The standard InChI is InChI=1S/C14H18FN3/c1-10(2)18-7-6-14(17-18)16-9-12-4-5-13(15)11(3)8-12/h4-8,10H,9H2,1-3H3,(H,16,17). The Morgan fingerprint density at radius 1 is 1.33 bits per heavy atom. The number of aromatic nitrogens is 2. The van der Waals surface area contributed by atoms with Gasteiger partial charge in [-0.25, -0.2) is 4.39 Å². The SMILES string of the molecule is Cc1cc(CNc2ccn(C(C)C)n2)ccc1F. The first-order valence-electron chi connectivity index (χ1n) is 6.10. The zero-order chi connectivity index (χ0) is 13.1. The van der Waals surface area contributed by atoms with Gasteiger partial charge in [0.2, 0.25) is 0 Å². The molecule has 3 nitrogen and oxygen atoms in total. The Balaban J connectivity index is 2.00. The van der Waals surface area contributed by atoms with E-state index in [1.807, 2.05) is 23.0 Å². The van der Waals surface area contributed by atoms with Gasteiger partial charge in [-0.2, -0.15) is 5.10 Å². The summed E-state index contributed by atoms with van der Waals surface area (Å²) in [5, 5.41) is 7.62. The van der Waals surface area contributed by atoms with E-state index in [9.17, 15) is 4.39 Å². The zero-order valence-corrected chi connectivity index (χ0v) is 10.9. The Morgan fingerprint density at radius 3 is 2.72 bits per heavy atom. The molecule has 0 bridgehead atoms. The number of halogens is 1. The molecule has 0 aliphatic rings. The lowest BCUT2D eigenvalue weighted by Crippen LogP contribution is -2.04. The molecule has 0 saturated carbocycles. The highest BCUT2D eigenvalue weighted by Crippen LogP contribution is 2.12. The van der Waals surface area contributed by atoms with E-state index in [0.717, 1.165) is 11.4 Å². The van der Waals surface area contributed by atoms with Crippen molar-refractivity contribution in [3.63, 3.8) is 0 Å². The molecule has 1 aromatic carbocycles. The Hall–Kier alpha value is -1.84. The molecular formula is C14H18FN3. The van der Waals surface area contributed by atoms with Crippen molar-refractivity contribution in [2.45, 2.75) is 33.4 Å². The van der Waals surface area contributed by atoms with Crippen molar-refractivity contribution >= 4 is 5.82 Å². The van der Waals surface area contributed by atoms with Crippen molar-refractivity contribution in [1.82, 2.24) is 9.78 Å². The average Bonchev–Trinajstić information content (AvgIpc) is 2.79. The molecular weight excluding hydrogens is 229 g/mol. The maximum Gasteiger partial charge on any atom is 0.148 e. The topological polar surface area (TPSA) is 29.9 Å². The minimum Gasteiger partial charge on any atom is -0.365 e. The van der Waals surface area contributed by atoms with Crippen LogP contribution in [0.15, 0.2) is 30.5 Å². The van der Waals surface area contributed by atoms with Gasteiger partial charge in [-0.3, -0.25) is 4.68 Å². The molecule has 1 heterocycles. The predicted octanol–water partition coefficient (Wildman–Crippen LogP) is 3.52. The van der Waals surface area contributed by atoms with Crippen molar-refractivity contribution in [2.75, 3.05) is 5.32 Å². The van der Waals surface area contributed by atoms with Crippen LogP contribution in [0.2, 0.25) is 0 Å². The first-order chi connectivity index (χ1) is 8.56. The largest absolute Gasteiger partial charge is 0.365 e. The van der Waals surface area contributed by atoms with Gasteiger partial charge in [0, 0.05) is 24.8 Å². The van der Waals surface area contributed by atoms with Crippen LogP contribution < -0.4 is 5.32 Å². The summed E-state index contributed by atoms with van der Waals surface area (Å²) in [6.07, 6.45) is 1.95. The van der Waals surface area contributed by atoms with Gasteiger partial charge in [0.25, 0.3) is 0 Å². The van der Waals surface area contributed by atoms with E-state index in [1.165, 1.54) is 6.07 Å². The molecule has 1 N–H and O–H groups in total. The van der Waals surface area contributed by atoms with E-state index in [-0.39, 0.29) is 5.82 Å². The first kappa shape index (κ1) is 12.6. The zero-order valence-electron chi connectivity index (χ0n) is 10.9. The maximum atomic E-state index is 13.1. The molecule has 0 atom stereocenters. The molecule has 0 fully saturated rings. The molecule has 96 valence electrons. The number of anilines is 1. The smallest absolute Gasteiger partial charge is 0.148 e. The van der Waals surface area contributed by atoms with E-state index in [4.69, 9.17) is 0 Å². The van der Waals surface area contributed by atoms with Gasteiger partial charge in [0.1, 0.15) is 11.6 Å². The number of benzene rings is 1. The van der Waals surface area contributed by atoms with Crippen molar-refractivity contribution in [3.05, 3.63) is 47.4 Å². The van der Waals surface area contributed by atoms with Gasteiger partial charge < -0.3 is 5.32 Å². The minimum absolute atomic E-state index is 0.164. The van der Waals surface area contributed by atoms with Crippen LogP contribution in [-0.4, -0.2) is 9.78 Å². The lowest BCUT2D eigenvalue weighted by Gasteiger charge is -2.06. The molecule has 0 amide bonds. The third-order valence-electron chi connectivity index (χ3n) is 2.83. The third kappa shape index (κ3) is 2.88. The third-order valence-corrected chi connectivity index (χ3v) is 2.83. The quantitative estimate of drug-likeness (QED) is 0.895. The van der Waals surface area contributed by atoms with Crippen molar-refractivity contribution in [3.8, 4) is 0 Å². The van der Waals surface area contributed by atoms with Gasteiger partial charge >= 0.3 is 0 Å². The van der Waals surface area contributed by atoms with Crippen molar-refractivity contribution in [1.29, 1.82) is 0 Å². The molecule has 2 aromatic rings. The van der Waals surface area contributed by atoms with Crippen molar-refractivity contribution in [2.24, 2.45) is 0 Å². The highest BCUT2D eigenvalue weighted by molar-refractivity contribution is 5.35. The Kier molecular flexibility index (Phi) is 3.65. The summed E-state index contributed by atoms with van der Waals surface area (Å²) in [5.74, 6) is 0.675. The van der Waals surface area contributed by atoms with Crippen LogP contribution >= 0.6 is 0 Å². The lowest BCUT2D eigenvalue weighted by molar-refractivity contribution is 0.534.